The minimum Gasteiger partial charge on any atom is -0.476 e. The summed E-state index contributed by atoms with van der Waals surface area (Å²) in [7, 11) is 0. The Labute approximate surface area is 89.6 Å². The molecule has 0 spiro atoms. The first-order valence-corrected chi connectivity index (χ1v) is 4.34. The zero-order chi connectivity index (χ0) is 11.5. The fraction of sp³-hybridized carbons (Fsp3) is 0. The maximum absolute atomic E-state index is 13.7. The molecule has 2 rings (SSSR count). The van der Waals surface area contributed by atoms with Gasteiger partial charge in [-0.05, 0) is 12.1 Å². The third-order valence-corrected chi connectivity index (χ3v) is 1.95. The van der Waals surface area contributed by atoms with Crippen molar-refractivity contribution in [1.82, 2.24) is 15.0 Å². The molecule has 6 heteroatoms. The highest BCUT2D eigenvalue weighted by atomic mass is 19.1. The molecule has 0 fully saturated rings. The minimum absolute atomic E-state index is 0.0465. The average molecular weight is 219 g/mol. The fourth-order valence-electron chi connectivity index (χ4n) is 1.23. The first kappa shape index (κ1) is 10.2. The van der Waals surface area contributed by atoms with Crippen LogP contribution < -0.4 is 0 Å². The van der Waals surface area contributed by atoms with Crippen LogP contribution >= 0.6 is 0 Å². The predicted molar refractivity (Wildman–Crippen MR) is 52.2 cm³/mol. The Balaban J connectivity index is 2.59. The summed E-state index contributed by atoms with van der Waals surface area (Å²) in [6.07, 6.45) is 3.96. The van der Waals surface area contributed by atoms with Crippen LogP contribution in [0.5, 0.6) is 0 Å². The first-order valence-electron chi connectivity index (χ1n) is 4.34. The van der Waals surface area contributed by atoms with E-state index in [2.05, 4.69) is 15.0 Å². The molecule has 0 saturated carbocycles. The van der Waals surface area contributed by atoms with Gasteiger partial charge in [0.05, 0.1) is 0 Å². The molecule has 0 aromatic carbocycles. The van der Waals surface area contributed by atoms with Gasteiger partial charge in [0, 0.05) is 18.0 Å². The van der Waals surface area contributed by atoms with Gasteiger partial charge in [-0.1, -0.05) is 0 Å². The summed E-state index contributed by atoms with van der Waals surface area (Å²) in [5, 5.41) is 8.69. The SMILES string of the molecule is O=C(O)c1ncnc(-c2ccncc2)c1F. The Bertz CT molecular complexity index is 531. The van der Waals surface area contributed by atoms with Crippen LogP contribution in [-0.2, 0) is 0 Å². The largest absolute Gasteiger partial charge is 0.476 e. The summed E-state index contributed by atoms with van der Waals surface area (Å²) in [5.41, 5.74) is -0.228. The lowest BCUT2D eigenvalue weighted by Crippen LogP contribution is -2.06. The number of carbonyl (C=O) groups is 1. The van der Waals surface area contributed by atoms with Gasteiger partial charge in [0.2, 0.25) is 0 Å². The van der Waals surface area contributed by atoms with Crippen LogP contribution in [0.3, 0.4) is 0 Å². The second-order valence-corrected chi connectivity index (χ2v) is 2.93. The molecule has 1 N–H and O–H groups in total. The van der Waals surface area contributed by atoms with E-state index < -0.39 is 17.5 Å². The Morgan fingerprint density at radius 1 is 1.25 bits per heavy atom. The van der Waals surface area contributed by atoms with Gasteiger partial charge in [-0.25, -0.2) is 19.2 Å². The molecule has 5 nitrogen and oxygen atoms in total. The van der Waals surface area contributed by atoms with Crippen LogP contribution in [0.25, 0.3) is 11.3 Å². The van der Waals surface area contributed by atoms with Crippen LogP contribution in [0, 0.1) is 5.82 Å². The summed E-state index contributed by atoms with van der Waals surface area (Å²) in [6.45, 7) is 0. The molecule has 2 aromatic heterocycles. The quantitative estimate of drug-likeness (QED) is 0.825. The number of rotatable bonds is 2. The van der Waals surface area contributed by atoms with Crippen molar-refractivity contribution in [3.63, 3.8) is 0 Å². The fourth-order valence-corrected chi connectivity index (χ4v) is 1.23. The molecule has 0 radical (unpaired) electrons. The van der Waals surface area contributed by atoms with Crippen LogP contribution in [0.1, 0.15) is 10.5 Å². The highest BCUT2D eigenvalue weighted by Crippen LogP contribution is 2.20. The van der Waals surface area contributed by atoms with E-state index in [0.29, 0.717) is 5.56 Å². The Morgan fingerprint density at radius 3 is 2.56 bits per heavy atom. The molecule has 0 aliphatic rings. The van der Waals surface area contributed by atoms with E-state index in [1.54, 1.807) is 0 Å². The summed E-state index contributed by atoms with van der Waals surface area (Å²) >= 11 is 0. The number of hydrogen-bond donors (Lipinski definition) is 1. The number of halogens is 1. The Hall–Kier alpha value is -2.37. The monoisotopic (exact) mass is 219 g/mol. The number of carboxylic acids is 1. The Kier molecular flexibility index (Phi) is 2.55. The minimum atomic E-state index is -1.42. The highest BCUT2D eigenvalue weighted by Gasteiger charge is 2.17. The molecular formula is C10H6FN3O2. The number of carboxylic acid groups (broad SMARTS) is 1. The third-order valence-electron chi connectivity index (χ3n) is 1.95. The molecule has 2 aromatic rings. The van der Waals surface area contributed by atoms with E-state index in [1.807, 2.05) is 0 Å². The van der Waals surface area contributed by atoms with E-state index in [0.717, 1.165) is 6.33 Å². The van der Waals surface area contributed by atoms with E-state index in [1.165, 1.54) is 24.5 Å². The zero-order valence-electron chi connectivity index (χ0n) is 7.96. The van der Waals surface area contributed by atoms with Crippen LogP contribution in [0.2, 0.25) is 0 Å². The molecule has 0 atom stereocenters. The molecule has 0 unspecified atom stereocenters. The first-order chi connectivity index (χ1) is 7.70. The molecule has 0 bridgehead atoms. The van der Waals surface area contributed by atoms with Crippen molar-refractivity contribution in [2.24, 2.45) is 0 Å². The van der Waals surface area contributed by atoms with E-state index >= 15 is 0 Å². The maximum atomic E-state index is 13.7. The molecule has 16 heavy (non-hydrogen) atoms. The Morgan fingerprint density at radius 2 is 1.94 bits per heavy atom. The number of hydrogen-bond acceptors (Lipinski definition) is 4. The second-order valence-electron chi connectivity index (χ2n) is 2.93. The number of pyridine rings is 1. The smallest absolute Gasteiger partial charge is 0.357 e. The summed E-state index contributed by atoms with van der Waals surface area (Å²) < 4.78 is 13.7. The van der Waals surface area contributed by atoms with Crippen molar-refractivity contribution in [3.05, 3.63) is 42.4 Å². The van der Waals surface area contributed by atoms with E-state index in [9.17, 15) is 9.18 Å². The van der Waals surface area contributed by atoms with Crippen molar-refractivity contribution >= 4 is 5.97 Å². The summed E-state index contributed by atoms with van der Waals surface area (Å²) in [4.78, 5) is 21.5. The summed E-state index contributed by atoms with van der Waals surface area (Å²) in [5.74, 6) is -2.36. The van der Waals surface area contributed by atoms with Gasteiger partial charge in [-0.3, -0.25) is 4.98 Å². The lowest BCUT2D eigenvalue weighted by Gasteiger charge is -2.02. The van der Waals surface area contributed by atoms with Crippen molar-refractivity contribution in [2.75, 3.05) is 0 Å². The molecular weight excluding hydrogens is 213 g/mol. The number of nitrogens with zero attached hydrogens (tertiary/aromatic N) is 3. The molecule has 0 aliphatic heterocycles. The lowest BCUT2D eigenvalue weighted by atomic mass is 10.1. The maximum Gasteiger partial charge on any atom is 0.357 e. The van der Waals surface area contributed by atoms with E-state index in [4.69, 9.17) is 5.11 Å². The van der Waals surface area contributed by atoms with Crippen molar-refractivity contribution < 1.29 is 14.3 Å². The molecule has 0 amide bonds. The van der Waals surface area contributed by atoms with Gasteiger partial charge in [-0.2, -0.15) is 0 Å². The zero-order valence-corrected chi connectivity index (χ0v) is 7.96. The average Bonchev–Trinajstić information content (AvgIpc) is 2.30. The number of aromatic carboxylic acids is 1. The third kappa shape index (κ3) is 1.72. The lowest BCUT2D eigenvalue weighted by molar-refractivity contribution is 0.0684. The van der Waals surface area contributed by atoms with Crippen LogP contribution in [0.15, 0.2) is 30.9 Å². The molecule has 2 heterocycles. The molecule has 80 valence electrons. The van der Waals surface area contributed by atoms with Crippen molar-refractivity contribution in [1.29, 1.82) is 0 Å². The summed E-state index contributed by atoms with van der Waals surface area (Å²) in [6, 6.07) is 3.08. The molecule has 0 aliphatic carbocycles. The van der Waals surface area contributed by atoms with Gasteiger partial charge in [0.15, 0.2) is 11.5 Å². The van der Waals surface area contributed by atoms with Gasteiger partial charge in [-0.15, -0.1) is 0 Å². The topological polar surface area (TPSA) is 76.0 Å². The van der Waals surface area contributed by atoms with Crippen molar-refractivity contribution in [2.45, 2.75) is 0 Å². The van der Waals surface area contributed by atoms with Gasteiger partial charge >= 0.3 is 5.97 Å². The normalized spacial score (nSPS) is 10.1. The van der Waals surface area contributed by atoms with Gasteiger partial charge in [0.25, 0.3) is 0 Å². The van der Waals surface area contributed by atoms with E-state index in [-0.39, 0.29) is 5.69 Å². The van der Waals surface area contributed by atoms with Gasteiger partial charge in [0.1, 0.15) is 12.0 Å². The predicted octanol–water partition coefficient (Wildman–Crippen LogP) is 1.38. The molecule has 0 saturated heterocycles. The second kappa shape index (κ2) is 4.01. The standard InChI is InChI=1S/C10H6FN3O2/c11-7-8(6-1-3-12-4-2-6)13-5-14-9(7)10(15)16/h1-5H,(H,15,16). The van der Waals surface area contributed by atoms with Gasteiger partial charge < -0.3 is 5.11 Å². The number of aromatic nitrogens is 3. The highest BCUT2D eigenvalue weighted by molar-refractivity contribution is 5.87. The van der Waals surface area contributed by atoms with Crippen LogP contribution in [0.4, 0.5) is 4.39 Å². The van der Waals surface area contributed by atoms with Crippen LogP contribution in [-0.4, -0.2) is 26.0 Å². The van der Waals surface area contributed by atoms with Crippen molar-refractivity contribution in [3.8, 4) is 11.3 Å².